The molecular formula is C13H14BrN3O. The molecule has 0 saturated heterocycles. The molecule has 1 heterocycles. The van der Waals surface area contributed by atoms with Crippen molar-refractivity contribution in [2.24, 2.45) is 0 Å². The van der Waals surface area contributed by atoms with Gasteiger partial charge in [-0.3, -0.25) is 0 Å². The van der Waals surface area contributed by atoms with Crippen molar-refractivity contribution in [1.82, 2.24) is 10.2 Å². The molecule has 0 fully saturated rings. The van der Waals surface area contributed by atoms with Crippen LogP contribution in [0.5, 0.6) is 0 Å². The maximum absolute atomic E-state index is 5.49. The molecule has 1 N–H and O–H groups in total. The lowest BCUT2D eigenvalue weighted by molar-refractivity contribution is 0.504. The lowest BCUT2D eigenvalue weighted by Gasteiger charge is -2.11. The number of benzene rings is 1. The Kier molecular flexibility index (Phi) is 3.07. The summed E-state index contributed by atoms with van der Waals surface area (Å²) in [4.78, 5) is 0. The first-order chi connectivity index (χ1) is 8.78. The number of rotatable bonds is 3. The molecule has 94 valence electrons. The summed E-state index contributed by atoms with van der Waals surface area (Å²) in [7, 11) is 0. The molecule has 1 atom stereocenters. The van der Waals surface area contributed by atoms with E-state index in [1.165, 1.54) is 15.6 Å². The van der Waals surface area contributed by atoms with Gasteiger partial charge in [0.2, 0.25) is 5.89 Å². The van der Waals surface area contributed by atoms with Crippen molar-refractivity contribution in [3.8, 4) is 0 Å². The van der Waals surface area contributed by atoms with E-state index < -0.39 is 0 Å². The van der Waals surface area contributed by atoms with Crippen LogP contribution in [0.25, 0.3) is 0 Å². The second-order valence-electron chi connectivity index (χ2n) is 4.40. The van der Waals surface area contributed by atoms with Gasteiger partial charge >= 0.3 is 6.01 Å². The molecule has 0 aliphatic heterocycles. The molecule has 1 aliphatic rings. The average Bonchev–Trinajstić information content (AvgIpc) is 2.98. The Labute approximate surface area is 114 Å². The molecule has 0 saturated carbocycles. The van der Waals surface area contributed by atoms with Crippen molar-refractivity contribution in [1.29, 1.82) is 0 Å². The van der Waals surface area contributed by atoms with Gasteiger partial charge in [-0.25, -0.2) is 0 Å². The second kappa shape index (κ2) is 4.72. The highest BCUT2D eigenvalue weighted by Crippen LogP contribution is 2.37. The Balaban J connectivity index is 1.82. The van der Waals surface area contributed by atoms with Crippen LogP contribution >= 0.6 is 15.9 Å². The van der Waals surface area contributed by atoms with Crippen molar-refractivity contribution < 1.29 is 4.42 Å². The maximum atomic E-state index is 5.49. The van der Waals surface area contributed by atoms with Crippen LogP contribution in [-0.2, 0) is 12.8 Å². The van der Waals surface area contributed by atoms with Crippen molar-refractivity contribution in [2.45, 2.75) is 32.2 Å². The molecule has 2 aromatic rings. The SMILES string of the molecule is CCc1nnc(N[C@@H]2CCc3c(Br)cccc32)o1. The molecule has 3 rings (SSSR count). The van der Waals surface area contributed by atoms with E-state index in [2.05, 4.69) is 49.6 Å². The smallest absolute Gasteiger partial charge is 0.315 e. The fraction of sp³-hybridized carbons (Fsp3) is 0.385. The number of hydrogen-bond acceptors (Lipinski definition) is 4. The molecule has 5 heteroatoms. The first-order valence-corrected chi connectivity index (χ1v) is 6.93. The van der Waals surface area contributed by atoms with Crippen LogP contribution in [0.2, 0.25) is 0 Å². The molecule has 1 aromatic carbocycles. The number of aromatic nitrogens is 2. The van der Waals surface area contributed by atoms with Gasteiger partial charge < -0.3 is 9.73 Å². The molecule has 0 amide bonds. The number of hydrogen-bond donors (Lipinski definition) is 1. The van der Waals surface area contributed by atoms with Gasteiger partial charge in [0.1, 0.15) is 0 Å². The molecular weight excluding hydrogens is 294 g/mol. The molecule has 18 heavy (non-hydrogen) atoms. The number of aryl methyl sites for hydroxylation is 1. The summed E-state index contributed by atoms with van der Waals surface area (Å²) in [6, 6.07) is 7.09. The summed E-state index contributed by atoms with van der Waals surface area (Å²) in [5.74, 6) is 0.671. The van der Waals surface area contributed by atoms with Crippen LogP contribution in [-0.4, -0.2) is 10.2 Å². The van der Waals surface area contributed by atoms with E-state index in [1.807, 2.05) is 6.92 Å². The normalized spacial score (nSPS) is 17.8. The van der Waals surface area contributed by atoms with Crippen LogP contribution in [0.3, 0.4) is 0 Å². The fourth-order valence-corrected chi connectivity index (χ4v) is 2.94. The predicted molar refractivity (Wildman–Crippen MR) is 72.5 cm³/mol. The minimum atomic E-state index is 0.266. The van der Waals surface area contributed by atoms with E-state index in [4.69, 9.17) is 4.42 Å². The number of halogens is 1. The van der Waals surface area contributed by atoms with Gasteiger partial charge in [0, 0.05) is 10.9 Å². The number of nitrogens with one attached hydrogen (secondary N) is 1. The van der Waals surface area contributed by atoms with E-state index in [9.17, 15) is 0 Å². The van der Waals surface area contributed by atoms with Crippen LogP contribution < -0.4 is 5.32 Å². The molecule has 0 bridgehead atoms. The average molecular weight is 308 g/mol. The molecule has 4 nitrogen and oxygen atoms in total. The predicted octanol–water partition coefficient (Wildman–Crippen LogP) is 3.49. The Morgan fingerprint density at radius 1 is 1.44 bits per heavy atom. The van der Waals surface area contributed by atoms with Crippen LogP contribution in [0.1, 0.15) is 36.4 Å². The van der Waals surface area contributed by atoms with E-state index in [1.54, 1.807) is 0 Å². The summed E-state index contributed by atoms with van der Waals surface area (Å²) >= 11 is 3.60. The van der Waals surface area contributed by atoms with Gasteiger partial charge in [-0.15, -0.1) is 5.10 Å². The maximum Gasteiger partial charge on any atom is 0.315 e. The first-order valence-electron chi connectivity index (χ1n) is 6.14. The molecule has 1 aromatic heterocycles. The zero-order valence-corrected chi connectivity index (χ0v) is 11.7. The highest BCUT2D eigenvalue weighted by Gasteiger charge is 2.25. The fourth-order valence-electron chi connectivity index (χ4n) is 2.36. The molecule has 0 radical (unpaired) electrons. The Hall–Kier alpha value is -1.36. The van der Waals surface area contributed by atoms with Gasteiger partial charge in [0.25, 0.3) is 0 Å². The second-order valence-corrected chi connectivity index (χ2v) is 5.25. The van der Waals surface area contributed by atoms with Gasteiger partial charge in [0.15, 0.2) is 0 Å². The first kappa shape index (κ1) is 11.7. The Morgan fingerprint density at radius 3 is 3.11 bits per heavy atom. The van der Waals surface area contributed by atoms with Crippen LogP contribution in [0.15, 0.2) is 27.1 Å². The third-order valence-corrected chi connectivity index (χ3v) is 4.02. The van der Waals surface area contributed by atoms with Crippen molar-refractivity contribution in [3.63, 3.8) is 0 Å². The van der Waals surface area contributed by atoms with Gasteiger partial charge in [-0.2, -0.15) is 0 Å². The topological polar surface area (TPSA) is 51.0 Å². The van der Waals surface area contributed by atoms with Gasteiger partial charge in [0.05, 0.1) is 6.04 Å². The largest absolute Gasteiger partial charge is 0.408 e. The number of nitrogens with zero attached hydrogens (tertiary/aromatic N) is 2. The summed E-state index contributed by atoms with van der Waals surface area (Å²) in [6.07, 6.45) is 2.90. The Morgan fingerprint density at radius 2 is 2.33 bits per heavy atom. The Bertz CT molecular complexity index is 567. The number of fused-ring (bicyclic) bond motifs is 1. The quantitative estimate of drug-likeness (QED) is 0.943. The molecule has 1 aliphatic carbocycles. The standard InChI is InChI=1S/C13H14BrN3O/c1-2-12-16-17-13(18-12)15-11-7-6-8-9(11)4-3-5-10(8)14/h3-5,11H,2,6-7H2,1H3,(H,15,17)/t11-/m1/s1. The molecule has 0 unspecified atom stereocenters. The van der Waals surface area contributed by atoms with Crippen molar-refractivity contribution >= 4 is 21.9 Å². The van der Waals surface area contributed by atoms with Crippen LogP contribution in [0, 0.1) is 0 Å². The molecule has 0 spiro atoms. The van der Waals surface area contributed by atoms with Crippen LogP contribution in [0.4, 0.5) is 6.01 Å². The van der Waals surface area contributed by atoms with Crippen molar-refractivity contribution in [3.05, 3.63) is 39.7 Å². The third-order valence-electron chi connectivity index (χ3n) is 3.28. The van der Waals surface area contributed by atoms with Gasteiger partial charge in [-0.1, -0.05) is 40.1 Å². The van der Waals surface area contributed by atoms with Gasteiger partial charge in [-0.05, 0) is 30.0 Å². The minimum absolute atomic E-state index is 0.266. The number of anilines is 1. The highest BCUT2D eigenvalue weighted by molar-refractivity contribution is 9.10. The lowest BCUT2D eigenvalue weighted by atomic mass is 10.1. The lowest BCUT2D eigenvalue weighted by Crippen LogP contribution is -2.07. The summed E-state index contributed by atoms with van der Waals surface area (Å²) in [5.41, 5.74) is 2.70. The summed E-state index contributed by atoms with van der Waals surface area (Å²) in [6.45, 7) is 2.00. The third kappa shape index (κ3) is 2.03. The monoisotopic (exact) mass is 307 g/mol. The zero-order valence-electron chi connectivity index (χ0n) is 10.1. The van der Waals surface area contributed by atoms with E-state index in [0.29, 0.717) is 11.9 Å². The summed E-state index contributed by atoms with van der Waals surface area (Å²) in [5, 5.41) is 11.3. The minimum Gasteiger partial charge on any atom is -0.408 e. The van der Waals surface area contributed by atoms with E-state index in [-0.39, 0.29) is 6.04 Å². The zero-order chi connectivity index (χ0) is 12.5. The summed E-state index contributed by atoms with van der Waals surface area (Å²) < 4.78 is 6.68. The van der Waals surface area contributed by atoms with E-state index >= 15 is 0 Å². The van der Waals surface area contributed by atoms with Crippen molar-refractivity contribution in [2.75, 3.05) is 5.32 Å². The van der Waals surface area contributed by atoms with E-state index in [0.717, 1.165) is 19.3 Å². The highest BCUT2D eigenvalue weighted by atomic mass is 79.9.